The van der Waals surface area contributed by atoms with E-state index in [-0.39, 0.29) is 6.10 Å². The molecule has 1 atom stereocenters. The van der Waals surface area contributed by atoms with Crippen LogP contribution in [0, 0.1) is 0 Å². The van der Waals surface area contributed by atoms with E-state index in [4.69, 9.17) is 22.1 Å². The first-order chi connectivity index (χ1) is 7.54. The maximum absolute atomic E-state index is 10.9. The van der Waals surface area contributed by atoms with E-state index in [9.17, 15) is 4.79 Å². The summed E-state index contributed by atoms with van der Waals surface area (Å²) in [5.74, 6) is 0.0474. The highest BCUT2D eigenvalue weighted by Crippen LogP contribution is 2.26. The number of halogens is 1. The van der Waals surface area contributed by atoms with Gasteiger partial charge in [-0.3, -0.25) is 4.79 Å². The minimum absolute atomic E-state index is 0.00179. The Morgan fingerprint density at radius 1 is 1.62 bits per heavy atom. The van der Waals surface area contributed by atoms with Gasteiger partial charge in [-0.15, -0.1) is 0 Å². The van der Waals surface area contributed by atoms with Gasteiger partial charge in [0.25, 0.3) is 0 Å². The highest BCUT2D eigenvalue weighted by Gasteiger charge is 2.09. The molecule has 0 bridgehead atoms. The van der Waals surface area contributed by atoms with Gasteiger partial charge in [-0.05, 0) is 32.2 Å². The number of carbonyl (C=O) groups excluding carboxylic acids is 1. The van der Waals surface area contributed by atoms with Crippen molar-refractivity contribution in [2.24, 2.45) is 5.73 Å². The zero-order chi connectivity index (χ0) is 12.1. The Balaban J connectivity index is 2.79. The Labute approximate surface area is 99.7 Å². The fourth-order valence-electron chi connectivity index (χ4n) is 1.30. The van der Waals surface area contributed by atoms with Crippen molar-refractivity contribution in [2.75, 3.05) is 13.6 Å². The van der Waals surface area contributed by atoms with Crippen LogP contribution < -0.4 is 15.8 Å². The van der Waals surface area contributed by atoms with Crippen molar-refractivity contribution in [3.05, 3.63) is 28.8 Å². The fraction of sp³-hybridized carbons (Fsp3) is 0.364. The average molecular weight is 243 g/mol. The van der Waals surface area contributed by atoms with Gasteiger partial charge in [0, 0.05) is 12.1 Å². The Morgan fingerprint density at radius 2 is 2.31 bits per heavy atom. The second-order valence-electron chi connectivity index (χ2n) is 3.50. The van der Waals surface area contributed by atoms with E-state index >= 15 is 0 Å². The zero-order valence-electron chi connectivity index (χ0n) is 9.29. The summed E-state index contributed by atoms with van der Waals surface area (Å²) in [5.41, 5.74) is 5.51. The van der Waals surface area contributed by atoms with Gasteiger partial charge in [-0.25, -0.2) is 0 Å². The number of amides is 1. The van der Waals surface area contributed by atoms with Crippen LogP contribution in [-0.2, 0) is 0 Å². The third-order valence-electron chi connectivity index (χ3n) is 2.04. The van der Waals surface area contributed by atoms with Crippen molar-refractivity contribution in [2.45, 2.75) is 13.0 Å². The maximum Gasteiger partial charge on any atom is 0.248 e. The average Bonchev–Trinajstić information content (AvgIpc) is 2.21. The van der Waals surface area contributed by atoms with Crippen molar-refractivity contribution in [1.82, 2.24) is 5.32 Å². The number of primary amides is 1. The molecule has 0 radical (unpaired) electrons. The monoisotopic (exact) mass is 242 g/mol. The van der Waals surface area contributed by atoms with Crippen LogP contribution in [0.1, 0.15) is 17.3 Å². The van der Waals surface area contributed by atoms with Crippen molar-refractivity contribution in [3.8, 4) is 5.75 Å². The van der Waals surface area contributed by atoms with Gasteiger partial charge < -0.3 is 15.8 Å². The molecule has 0 fully saturated rings. The molecule has 88 valence electrons. The second-order valence-corrected chi connectivity index (χ2v) is 3.90. The van der Waals surface area contributed by atoms with E-state index in [1.165, 1.54) is 6.07 Å². The summed E-state index contributed by atoms with van der Waals surface area (Å²) in [7, 11) is 1.84. The standard InChI is InChI=1S/C11H15ClN2O2/c1-7(6-14-2)16-10-4-3-8(11(13)15)5-9(10)12/h3-5,7,14H,6H2,1-2H3,(H2,13,15). The van der Waals surface area contributed by atoms with Crippen molar-refractivity contribution in [1.29, 1.82) is 0 Å². The van der Waals surface area contributed by atoms with Crippen LogP contribution in [-0.4, -0.2) is 25.6 Å². The minimum Gasteiger partial charge on any atom is -0.488 e. The summed E-state index contributed by atoms with van der Waals surface area (Å²) in [6, 6.07) is 4.75. The number of hydrogen-bond acceptors (Lipinski definition) is 3. The van der Waals surface area contributed by atoms with Crippen LogP contribution in [0.5, 0.6) is 5.75 Å². The third-order valence-corrected chi connectivity index (χ3v) is 2.33. The highest BCUT2D eigenvalue weighted by atomic mass is 35.5. The lowest BCUT2D eigenvalue weighted by Gasteiger charge is -2.15. The molecular weight excluding hydrogens is 228 g/mol. The van der Waals surface area contributed by atoms with Crippen LogP contribution >= 0.6 is 11.6 Å². The lowest BCUT2D eigenvalue weighted by atomic mass is 10.2. The quantitative estimate of drug-likeness (QED) is 0.821. The highest BCUT2D eigenvalue weighted by molar-refractivity contribution is 6.32. The number of hydrogen-bond donors (Lipinski definition) is 2. The molecular formula is C11H15ClN2O2. The van der Waals surface area contributed by atoms with E-state index < -0.39 is 5.91 Å². The van der Waals surface area contributed by atoms with Gasteiger partial charge >= 0.3 is 0 Å². The molecule has 0 aliphatic heterocycles. The number of rotatable bonds is 5. The number of ether oxygens (including phenoxy) is 1. The number of nitrogens with one attached hydrogen (secondary N) is 1. The molecule has 1 amide bonds. The van der Waals surface area contributed by atoms with E-state index in [0.29, 0.717) is 22.9 Å². The molecule has 0 saturated carbocycles. The molecule has 0 spiro atoms. The predicted octanol–water partition coefficient (Wildman–Crippen LogP) is 1.43. The van der Waals surface area contributed by atoms with Gasteiger partial charge in [0.2, 0.25) is 5.91 Å². The Kier molecular flexibility index (Phi) is 4.58. The van der Waals surface area contributed by atoms with E-state index in [0.717, 1.165) is 0 Å². The number of likely N-dealkylation sites (N-methyl/N-ethyl adjacent to an activating group) is 1. The minimum atomic E-state index is -0.503. The van der Waals surface area contributed by atoms with Gasteiger partial charge in [0.1, 0.15) is 11.9 Å². The molecule has 0 saturated heterocycles. The molecule has 0 aliphatic rings. The topological polar surface area (TPSA) is 64.3 Å². The molecule has 0 aliphatic carbocycles. The number of carbonyl (C=O) groups is 1. The molecule has 4 nitrogen and oxygen atoms in total. The molecule has 16 heavy (non-hydrogen) atoms. The van der Waals surface area contributed by atoms with Gasteiger partial charge in [0.05, 0.1) is 5.02 Å². The van der Waals surface area contributed by atoms with Crippen LogP contribution in [0.3, 0.4) is 0 Å². The van der Waals surface area contributed by atoms with E-state index in [2.05, 4.69) is 5.32 Å². The van der Waals surface area contributed by atoms with Crippen molar-refractivity contribution >= 4 is 17.5 Å². The van der Waals surface area contributed by atoms with E-state index in [1.54, 1.807) is 12.1 Å². The first-order valence-electron chi connectivity index (χ1n) is 4.95. The largest absolute Gasteiger partial charge is 0.488 e. The SMILES string of the molecule is CNCC(C)Oc1ccc(C(N)=O)cc1Cl. The Hall–Kier alpha value is -1.26. The Bertz CT molecular complexity index is 382. The number of benzene rings is 1. The summed E-state index contributed by atoms with van der Waals surface area (Å²) in [4.78, 5) is 10.9. The van der Waals surface area contributed by atoms with Gasteiger partial charge in [0.15, 0.2) is 0 Å². The lowest BCUT2D eigenvalue weighted by molar-refractivity contribution is 0.100. The molecule has 3 N–H and O–H groups in total. The van der Waals surface area contributed by atoms with Crippen molar-refractivity contribution in [3.63, 3.8) is 0 Å². The molecule has 1 aromatic carbocycles. The normalized spacial score (nSPS) is 12.2. The molecule has 0 aromatic heterocycles. The molecule has 1 aromatic rings. The maximum atomic E-state index is 10.9. The Morgan fingerprint density at radius 3 is 2.81 bits per heavy atom. The molecule has 1 unspecified atom stereocenters. The molecule has 5 heteroatoms. The van der Waals surface area contributed by atoms with Gasteiger partial charge in [-0.2, -0.15) is 0 Å². The fourth-order valence-corrected chi connectivity index (χ4v) is 1.52. The van der Waals surface area contributed by atoms with Crippen molar-refractivity contribution < 1.29 is 9.53 Å². The van der Waals surface area contributed by atoms with Crippen LogP contribution in [0.4, 0.5) is 0 Å². The van der Waals surface area contributed by atoms with Crippen LogP contribution in [0.15, 0.2) is 18.2 Å². The number of nitrogens with two attached hydrogens (primary N) is 1. The summed E-state index contributed by atoms with van der Waals surface area (Å²) in [6.45, 7) is 2.64. The van der Waals surface area contributed by atoms with Gasteiger partial charge in [-0.1, -0.05) is 11.6 Å². The van der Waals surface area contributed by atoms with Crippen LogP contribution in [0.2, 0.25) is 5.02 Å². The second kappa shape index (κ2) is 5.72. The smallest absolute Gasteiger partial charge is 0.248 e. The molecule has 0 heterocycles. The summed E-state index contributed by atoms with van der Waals surface area (Å²) in [5, 5.41) is 3.38. The van der Waals surface area contributed by atoms with Crippen LogP contribution in [0.25, 0.3) is 0 Å². The summed E-state index contributed by atoms with van der Waals surface area (Å²) < 4.78 is 5.57. The third kappa shape index (κ3) is 3.40. The first kappa shape index (κ1) is 12.8. The first-order valence-corrected chi connectivity index (χ1v) is 5.33. The zero-order valence-corrected chi connectivity index (χ0v) is 10.0. The molecule has 1 rings (SSSR count). The summed E-state index contributed by atoms with van der Waals surface area (Å²) in [6.07, 6.45) is 0.00179. The predicted molar refractivity (Wildman–Crippen MR) is 64.0 cm³/mol. The summed E-state index contributed by atoms with van der Waals surface area (Å²) >= 11 is 5.96. The lowest BCUT2D eigenvalue weighted by Crippen LogP contribution is -2.26. The van der Waals surface area contributed by atoms with E-state index in [1.807, 2.05) is 14.0 Å².